The fourth-order valence-corrected chi connectivity index (χ4v) is 3.58. The summed E-state index contributed by atoms with van der Waals surface area (Å²) in [5, 5.41) is 9.86. The van der Waals surface area contributed by atoms with Gasteiger partial charge in [0, 0.05) is 32.6 Å². The average molecular weight is 408 g/mol. The number of pyridine rings is 2. The van der Waals surface area contributed by atoms with E-state index < -0.39 is 10.0 Å². The quantitative estimate of drug-likeness (QED) is 0.808. The molecular weight excluding hydrogens is 396 g/mol. The van der Waals surface area contributed by atoms with E-state index in [1.165, 1.54) is 24.5 Å². The van der Waals surface area contributed by atoms with Crippen molar-refractivity contribution in [2.45, 2.75) is 4.90 Å². The molecule has 0 atom stereocenters. The van der Waals surface area contributed by atoms with Crippen molar-refractivity contribution >= 4 is 49.2 Å². The first kappa shape index (κ1) is 16.8. The Balaban J connectivity index is 2.36. The molecule has 0 spiro atoms. The van der Waals surface area contributed by atoms with Crippen molar-refractivity contribution < 1.29 is 13.5 Å². The topological polar surface area (TPSA) is 95.4 Å². The van der Waals surface area contributed by atoms with Gasteiger partial charge in [-0.15, -0.1) is 0 Å². The van der Waals surface area contributed by atoms with Crippen LogP contribution in [0.15, 0.2) is 33.9 Å². The van der Waals surface area contributed by atoms with Crippen LogP contribution in [-0.4, -0.2) is 37.6 Å². The number of halogens is 2. The molecular formula is C12H12BrClN4O3S. The van der Waals surface area contributed by atoms with Crippen LogP contribution in [0.4, 0.5) is 11.6 Å². The van der Waals surface area contributed by atoms with Crippen LogP contribution in [0, 0.1) is 0 Å². The number of aromatic nitrogens is 2. The van der Waals surface area contributed by atoms with Crippen molar-refractivity contribution in [1.82, 2.24) is 9.97 Å². The fourth-order valence-electron chi connectivity index (χ4n) is 1.58. The molecule has 0 amide bonds. The summed E-state index contributed by atoms with van der Waals surface area (Å²) in [5.74, 6) is 0.0108. The van der Waals surface area contributed by atoms with Crippen LogP contribution in [0.2, 0.25) is 5.02 Å². The highest BCUT2D eigenvalue weighted by atomic mass is 79.9. The number of anilines is 2. The van der Waals surface area contributed by atoms with E-state index in [0.717, 1.165) is 0 Å². The van der Waals surface area contributed by atoms with Crippen molar-refractivity contribution in [3.8, 4) is 5.75 Å². The zero-order valence-corrected chi connectivity index (χ0v) is 14.7. The second-order valence-electron chi connectivity index (χ2n) is 4.50. The van der Waals surface area contributed by atoms with Crippen LogP contribution < -0.4 is 9.62 Å². The van der Waals surface area contributed by atoms with E-state index >= 15 is 0 Å². The monoisotopic (exact) mass is 406 g/mol. The predicted octanol–water partition coefficient (Wildman–Crippen LogP) is 2.46. The Labute approximate surface area is 141 Å². The molecule has 118 valence electrons. The van der Waals surface area contributed by atoms with Crippen LogP contribution in [0.1, 0.15) is 0 Å². The lowest BCUT2D eigenvalue weighted by molar-refractivity contribution is 0.475. The van der Waals surface area contributed by atoms with Gasteiger partial charge in [0.1, 0.15) is 10.7 Å². The molecule has 0 aliphatic carbocycles. The maximum atomic E-state index is 12.3. The summed E-state index contributed by atoms with van der Waals surface area (Å²) in [6.45, 7) is 0. The van der Waals surface area contributed by atoms with Crippen LogP contribution in [0.3, 0.4) is 0 Å². The third-order valence-corrected chi connectivity index (χ3v) is 4.69. The largest absolute Gasteiger partial charge is 0.504 e. The fraction of sp³-hybridized carbons (Fsp3) is 0.167. The molecule has 0 aliphatic rings. The Morgan fingerprint density at radius 3 is 2.50 bits per heavy atom. The van der Waals surface area contributed by atoms with Gasteiger partial charge in [0.25, 0.3) is 10.0 Å². The summed E-state index contributed by atoms with van der Waals surface area (Å²) in [6, 6.07) is 2.60. The SMILES string of the molecule is CN(C)c1ncc(S(=O)(=O)Nc2ncc(Cl)cc2O)cc1Br. The molecule has 7 nitrogen and oxygen atoms in total. The summed E-state index contributed by atoms with van der Waals surface area (Å²) in [6.07, 6.45) is 2.44. The predicted molar refractivity (Wildman–Crippen MR) is 88.0 cm³/mol. The minimum absolute atomic E-state index is 0.0684. The van der Waals surface area contributed by atoms with E-state index in [0.29, 0.717) is 10.3 Å². The van der Waals surface area contributed by atoms with Gasteiger partial charge in [-0.25, -0.2) is 18.4 Å². The molecule has 0 aromatic carbocycles. The summed E-state index contributed by atoms with van der Waals surface area (Å²) in [4.78, 5) is 9.49. The Morgan fingerprint density at radius 1 is 1.27 bits per heavy atom. The lowest BCUT2D eigenvalue weighted by Gasteiger charge is -2.14. The number of nitrogens with one attached hydrogen (secondary N) is 1. The molecule has 2 aromatic heterocycles. The summed E-state index contributed by atoms with van der Waals surface area (Å²) < 4.78 is 27.3. The zero-order valence-electron chi connectivity index (χ0n) is 11.6. The van der Waals surface area contributed by atoms with Gasteiger partial charge in [-0.2, -0.15) is 0 Å². The number of hydrogen-bond donors (Lipinski definition) is 2. The van der Waals surface area contributed by atoms with Crippen molar-refractivity contribution in [2.24, 2.45) is 0 Å². The van der Waals surface area contributed by atoms with Crippen molar-refractivity contribution in [3.05, 3.63) is 34.0 Å². The van der Waals surface area contributed by atoms with Gasteiger partial charge in [-0.1, -0.05) is 11.6 Å². The highest BCUT2D eigenvalue weighted by molar-refractivity contribution is 9.10. The molecule has 2 aromatic rings. The van der Waals surface area contributed by atoms with E-state index in [1.807, 2.05) is 0 Å². The minimum Gasteiger partial charge on any atom is -0.504 e. The van der Waals surface area contributed by atoms with E-state index in [1.54, 1.807) is 19.0 Å². The Hall–Kier alpha value is -1.58. The van der Waals surface area contributed by atoms with Crippen LogP contribution in [-0.2, 0) is 10.0 Å². The molecule has 0 bridgehead atoms. The highest BCUT2D eigenvalue weighted by Crippen LogP contribution is 2.28. The second kappa shape index (κ2) is 6.27. The summed E-state index contributed by atoms with van der Waals surface area (Å²) in [5.41, 5.74) is 0. The van der Waals surface area contributed by atoms with Gasteiger partial charge in [-0.3, -0.25) is 4.72 Å². The first-order valence-corrected chi connectivity index (χ1v) is 8.56. The minimum atomic E-state index is -3.94. The number of hydrogen-bond acceptors (Lipinski definition) is 6. The molecule has 2 N–H and O–H groups in total. The molecule has 0 fully saturated rings. The third kappa shape index (κ3) is 3.60. The molecule has 22 heavy (non-hydrogen) atoms. The summed E-state index contributed by atoms with van der Waals surface area (Å²) >= 11 is 8.92. The summed E-state index contributed by atoms with van der Waals surface area (Å²) in [7, 11) is -0.366. The van der Waals surface area contributed by atoms with Gasteiger partial charge >= 0.3 is 0 Å². The van der Waals surface area contributed by atoms with Crippen molar-refractivity contribution in [2.75, 3.05) is 23.7 Å². The van der Waals surface area contributed by atoms with E-state index in [2.05, 4.69) is 30.6 Å². The first-order valence-electron chi connectivity index (χ1n) is 5.91. The Bertz CT molecular complexity index is 814. The van der Waals surface area contributed by atoms with Gasteiger partial charge < -0.3 is 10.0 Å². The van der Waals surface area contributed by atoms with Gasteiger partial charge in [0.2, 0.25) is 0 Å². The first-order chi connectivity index (χ1) is 10.2. The molecule has 2 heterocycles. The van der Waals surface area contributed by atoms with Gasteiger partial charge in [0.15, 0.2) is 11.6 Å². The lowest BCUT2D eigenvalue weighted by atomic mass is 10.4. The highest BCUT2D eigenvalue weighted by Gasteiger charge is 2.19. The number of nitrogens with zero attached hydrogens (tertiary/aromatic N) is 3. The standard InChI is InChI=1S/C12H12BrClN4O3S/c1-18(2)12-9(13)4-8(6-16-12)22(20,21)17-11-10(19)3-7(14)5-15-11/h3-6,19H,1-2H3,(H,15,17). The maximum Gasteiger partial charge on any atom is 0.264 e. The second-order valence-corrected chi connectivity index (χ2v) is 7.47. The number of sulfonamides is 1. The van der Waals surface area contributed by atoms with E-state index in [9.17, 15) is 13.5 Å². The molecule has 0 aliphatic heterocycles. The maximum absolute atomic E-state index is 12.3. The number of aromatic hydroxyl groups is 1. The average Bonchev–Trinajstić information content (AvgIpc) is 2.41. The lowest BCUT2D eigenvalue weighted by Crippen LogP contribution is -2.16. The van der Waals surface area contributed by atoms with Crippen LogP contribution >= 0.6 is 27.5 Å². The molecule has 0 unspecified atom stereocenters. The van der Waals surface area contributed by atoms with Crippen molar-refractivity contribution in [1.29, 1.82) is 0 Å². The van der Waals surface area contributed by atoms with E-state index in [4.69, 9.17) is 11.6 Å². The van der Waals surface area contributed by atoms with Crippen molar-refractivity contribution in [3.63, 3.8) is 0 Å². The van der Waals surface area contributed by atoms with Crippen LogP contribution in [0.5, 0.6) is 5.75 Å². The molecule has 2 rings (SSSR count). The third-order valence-electron chi connectivity index (χ3n) is 2.60. The Kier molecular flexibility index (Phi) is 4.78. The normalized spacial score (nSPS) is 11.3. The Morgan fingerprint density at radius 2 is 1.95 bits per heavy atom. The smallest absolute Gasteiger partial charge is 0.264 e. The molecule has 10 heteroatoms. The van der Waals surface area contributed by atoms with Gasteiger partial charge in [-0.05, 0) is 22.0 Å². The molecule has 0 radical (unpaired) electrons. The van der Waals surface area contributed by atoms with Gasteiger partial charge in [0.05, 0.1) is 9.50 Å². The molecule has 0 saturated carbocycles. The molecule has 0 saturated heterocycles. The number of rotatable bonds is 4. The van der Waals surface area contributed by atoms with E-state index in [-0.39, 0.29) is 21.5 Å². The zero-order chi connectivity index (χ0) is 16.5. The van der Waals surface area contributed by atoms with Crippen LogP contribution in [0.25, 0.3) is 0 Å².